The summed E-state index contributed by atoms with van der Waals surface area (Å²) in [7, 11) is 0. The molecule has 0 aliphatic carbocycles. The van der Waals surface area contributed by atoms with Crippen LogP contribution in [0.4, 0.5) is 0 Å². The largest absolute Gasteiger partial charge is 0.352 e. The summed E-state index contributed by atoms with van der Waals surface area (Å²) < 4.78 is 1.05. The lowest BCUT2D eigenvalue weighted by Crippen LogP contribution is -2.45. The Labute approximate surface area is 124 Å². The van der Waals surface area contributed by atoms with Crippen molar-refractivity contribution < 1.29 is 4.79 Å². The predicted octanol–water partition coefficient (Wildman–Crippen LogP) is 3.40. The summed E-state index contributed by atoms with van der Waals surface area (Å²) in [5, 5.41) is 6.31. The van der Waals surface area contributed by atoms with Gasteiger partial charge in [-0.15, -0.1) is 0 Å². The molecule has 2 N–H and O–H groups in total. The van der Waals surface area contributed by atoms with Gasteiger partial charge in [0.2, 0.25) is 5.91 Å². The van der Waals surface area contributed by atoms with Gasteiger partial charge in [-0.2, -0.15) is 0 Å². The molecule has 3 nitrogen and oxygen atoms in total. The van der Waals surface area contributed by atoms with Gasteiger partial charge in [0.05, 0.1) is 6.04 Å². The summed E-state index contributed by atoms with van der Waals surface area (Å²) in [6.45, 7) is 8.04. The first-order valence-electron chi connectivity index (χ1n) is 6.76. The molecule has 19 heavy (non-hydrogen) atoms. The summed E-state index contributed by atoms with van der Waals surface area (Å²) >= 11 is 3.46. The Bertz CT molecular complexity index is 422. The van der Waals surface area contributed by atoms with Crippen LogP contribution in [0.5, 0.6) is 0 Å². The predicted molar refractivity (Wildman–Crippen MR) is 83.1 cm³/mol. The van der Waals surface area contributed by atoms with Crippen LogP contribution in [-0.2, 0) is 4.79 Å². The monoisotopic (exact) mass is 326 g/mol. The van der Waals surface area contributed by atoms with Crippen molar-refractivity contribution in [2.75, 3.05) is 0 Å². The molecule has 0 aliphatic heterocycles. The first-order chi connectivity index (χ1) is 8.93. The minimum Gasteiger partial charge on any atom is -0.352 e. The molecule has 0 aliphatic rings. The Hall–Kier alpha value is -0.870. The van der Waals surface area contributed by atoms with Gasteiger partial charge in [0.25, 0.3) is 0 Å². The van der Waals surface area contributed by atoms with Gasteiger partial charge in [-0.3, -0.25) is 10.1 Å². The fraction of sp³-hybridized carbons (Fsp3) is 0.533. The Morgan fingerprint density at radius 1 is 1.32 bits per heavy atom. The molecule has 1 amide bonds. The van der Waals surface area contributed by atoms with E-state index in [1.165, 1.54) is 0 Å². The Balaban J connectivity index is 2.56. The second-order valence-corrected chi connectivity index (χ2v) is 5.90. The number of amides is 1. The van der Waals surface area contributed by atoms with Crippen molar-refractivity contribution in [3.63, 3.8) is 0 Å². The van der Waals surface area contributed by atoms with Crippen LogP contribution >= 0.6 is 15.9 Å². The Morgan fingerprint density at radius 3 is 2.58 bits per heavy atom. The van der Waals surface area contributed by atoms with Crippen LogP contribution in [-0.4, -0.2) is 18.0 Å². The third-order valence-corrected chi connectivity index (χ3v) is 3.74. The van der Waals surface area contributed by atoms with Crippen LogP contribution in [0.1, 0.15) is 45.7 Å². The second kappa shape index (κ2) is 7.65. The Morgan fingerprint density at radius 2 is 2.00 bits per heavy atom. The zero-order valence-electron chi connectivity index (χ0n) is 12.0. The van der Waals surface area contributed by atoms with Gasteiger partial charge in [0.15, 0.2) is 0 Å². The number of nitrogens with one attached hydrogen (secondary N) is 2. The molecule has 1 aromatic carbocycles. The van der Waals surface area contributed by atoms with Crippen molar-refractivity contribution in [3.8, 4) is 0 Å². The molecule has 0 saturated carbocycles. The van der Waals surface area contributed by atoms with Gasteiger partial charge < -0.3 is 5.32 Å². The number of halogens is 1. The molecule has 3 atom stereocenters. The summed E-state index contributed by atoms with van der Waals surface area (Å²) in [4.78, 5) is 12.0. The molecule has 0 bridgehead atoms. The number of hydrogen-bond acceptors (Lipinski definition) is 2. The van der Waals surface area contributed by atoms with E-state index in [0.29, 0.717) is 0 Å². The molecule has 0 saturated heterocycles. The van der Waals surface area contributed by atoms with Gasteiger partial charge in [-0.25, -0.2) is 0 Å². The minimum atomic E-state index is -0.206. The normalized spacial score (nSPS) is 15.6. The minimum absolute atomic E-state index is 0.0520. The maximum atomic E-state index is 12.0. The molecule has 0 heterocycles. The highest BCUT2D eigenvalue weighted by Crippen LogP contribution is 2.18. The molecule has 0 fully saturated rings. The summed E-state index contributed by atoms with van der Waals surface area (Å²) in [6.07, 6.45) is 0.944. The molecular formula is C15H23BrN2O. The van der Waals surface area contributed by atoms with Crippen LogP contribution in [0.15, 0.2) is 28.7 Å². The van der Waals surface area contributed by atoms with Crippen LogP contribution in [0.25, 0.3) is 0 Å². The average Bonchev–Trinajstić information content (AvgIpc) is 2.38. The average molecular weight is 327 g/mol. The molecule has 2 unspecified atom stereocenters. The van der Waals surface area contributed by atoms with Gasteiger partial charge in [0, 0.05) is 16.6 Å². The van der Waals surface area contributed by atoms with Gasteiger partial charge in [-0.1, -0.05) is 35.0 Å². The standard InChI is InChI=1S/C15H23BrN2O/c1-5-10(2)17-15(19)12(4)18-11(3)13-7-6-8-14(16)9-13/h6-12,18H,5H2,1-4H3,(H,17,19)/t10?,11-,12?/m0/s1. The summed E-state index contributed by atoms with van der Waals surface area (Å²) in [5.74, 6) is 0.0520. The highest BCUT2D eigenvalue weighted by Gasteiger charge is 2.17. The number of rotatable bonds is 6. The zero-order chi connectivity index (χ0) is 14.4. The maximum Gasteiger partial charge on any atom is 0.237 e. The van der Waals surface area contributed by atoms with E-state index in [4.69, 9.17) is 0 Å². The number of carbonyl (C=O) groups excluding carboxylic acids is 1. The highest BCUT2D eigenvalue weighted by atomic mass is 79.9. The second-order valence-electron chi connectivity index (χ2n) is 4.98. The topological polar surface area (TPSA) is 41.1 Å². The molecule has 106 valence electrons. The van der Waals surface area contributed by atoms with Crippen LogP contribution in [0.3, 0.4) is 0 Å². The fourth-order valence-corrected chi connectivity index (χ4v) is 2.21. The van der Waals surface area contributed by atoms with Crippen LogP contribution in [0, 0.1) is 0 Å². The third kappa shape index (κ3) is 5.33. The molecule has 0 aromatic heterocycles. The molecule has 1 rings (SSSR count). The van der Waals surface area contributed by atoms with Crippen molar-refractivity contribution in [3.05, 3.63) is 34.3 Å². The molecule has 1 aromatic rings. The van der Waals surface area contributed by atoms with Crippen molar-refractivity contribution in [2.45, 2.75) is 52.2 Å². The van der Waals surface area contributed by atoms with E-state index < -0.39 is 0 Å². The van der Waals surface area contributed by atoms with E-state index in [0.717, 1.165) is 16.5 Å². The highest BCUT2D eigenvalue weighted by molar-refractivity contribution is 9.10. The van der Waals surface area contributed by atoms with E-state index in [-0.39, 0.29) is 24.0 Å². The maximum absolute atomic E-state index is 12.0. The molecular weight excluding hydrogens is 304 g/mol. The van der Waals surface area contributed by atoms with Gasteiger partial charge >= 0.3 is 0 Å². The smallest absolute Gasteiger partial charge is 0.237 e. The summed E-state index contributed by atoms with van der Waals surface area (Å²) in [6, 6.07) is 8.27. The zero-order valence-corrected chi connectivity index (χ0v) is 13.6. The van der Waals surface area contributed by atoms with E-state index in [2.05, 4.69) is 52.5 Å². The Kier molecular flexibility index (Phi) is 6.52. The van der Waals surface area contributed by atoms with E-state index >= 15 is 0 Å². The lowest BCUT2D eigenvalue weighted by atomic mass is 10.1. The molecule has 0 spiro atoms. The van der Waals surface area contributed by atoms with Crippen molar-refractivity contribution in [2.24, 2.45) is 0 Å². The molecule has 4 heteroatoms. The first-order valence-corrected chi connectivity index (χ1v) is 7.55. The lowest BCUT2D eigenvalue weighted by Gasteiger charge is -2.22. The van der Waals surface area contributed by atoms with E-state index in [1.54, 1.807) is 0 Å². The first kappa shape index (κ1) is 16.2. The van der Waals surface area contributed by atoms with Gasteiger partial charge in [-0.05, 0) is 44.9 Å². The van der Waals surface area contributed by atoms with Gasteiger partial charge in [0.1, 0.15) is 0 Å². The number of carbonyl (C=O) groups is 1. The van der Waals surface area contributed by atoms with Crippen molar-refractivity contribution >= 4 is 21.8 Å². The van der Waals surface area contributed by atoms with Crippen LogP contribution in [0.2, 0.25) is 0 Å². The van der Waals surface area contributed by atoms with Crippen molar-refractivity contribution in [1.82, 2.24) is 10.6 Å². The van der Waals surface area contributed by atoms with E-state index in [1.807, 2.05) is 26.0 Å². The van der Waals surface area contributed by atoms with Crippen LogP contribution < -0.4 is 10.6 Å². The summed E-state index contributed by atoms with van der Waals surface area (Å²) in [5.41, 5.74) is 1.16. The fourth-order valence-electron chi connectivity index (χ4n) is 1.79. The SMILES string of the molecule is CCC(C)NC(=O)C(C)N[C@@H](C)c1cccc(Br)c1. The number of benzene rings is 1. The quantitative estimate of drug-likeness (QED) is 0.841. The van der Waals surface area contributed by atoms with Crippen molar-refractivity contribution in [1.29, 1.82) is 0 Å². The third-order valence-electron chi connectivity index (χ3n) is 3.24. The number of hydrogen-bond donors (Lipinski definition) is 2. The molecule has 0 radical (unpaired) electrons. The van der Waals surface area contributed by atoms with E-state index in [9.17, 15) is 4.79 Å². The lowest BCUT2D eigenvalue weighted by molar-refractivity contribution is -0.123.